The molecule has 7 nitrogen and oxygen atoms in total. The highest BCUT2D eigenvalue weighted by Gasteiger charge is 1.93. The Labute approximate surface area is 94.7 Å². The lowest BCUT2D eigenvalue weighted by Crippen LogP contribution is -2.30. The molecule has 0 radical (unpaired) electrons. The van der Waals surface area contributed by atoms with E-state index in [1.54, 1.807) is 0 Å². The second-order valence-electron chi connectivity index (χ2n) is 3.01. The maximum Gasteiger partial charge on any atom is 0.503 e. The fourth-order valence-corrected chi connectivity index (χ4v) is 1.03. The lowest BCUT2D eigenvalue weighted by molar-refractivity contribution is 0.109. The first-order chi connectivity index (χ1) is 7.73. The van der Waals surface area contributed by atoms with Crippen LogP contribution in [0.25, 0.3) is 0 Å². The minimum Gasteiger partial charge on any atom is -0.450 e. The summed E-state index contributed by atoms with van der Waals surface area (Å²) < 4.78 is 10.0. The van der Waals surface area contributed by atoms with Gasteiger partial charge in [0.2, 0.25) is 0 Å². The molecule has 16 heavy (non-hydrogen) atoms. The average molecular weight is 236 g/mol. The number of morpholine rings is 2. The van der Waals surface area contributed by atoms with Crippen LogP contribution in [0.5, 0.6) is 0 Å². The molecule has 96 valence electrons. The van der Waals surface area contributed by atoms with Crippen molar-refractivity contribution in [2.24, 2.45) is 0 Å². The topological polar surface area (TPSA) is 100 Å². The fourth-order valence-electron chi connectivity index (χ4n) is 1.03. The average Bonchev–Trinajstić information content (AvgIpc) is 2.34. The first-order valence-corrected chi connectivity index (χ1v) is 5.22. The summed E-state index contributed by atoms with van der Waals surface area (Å²) in [6, 6.07) is 0. The first-order valence-electron chi connectivity index (χ1n) is 5.22. The largest absolute Gasteiger partial charge is 0.503 e. The van der Waals surface area contributed by atoms with Crippen molar-refractivity contribution >= 4 is 6.16 Å². The molecule has 2 rings (SSSR count). The molecule has 0 aromatic carbocycles. The third-order valence-corrected chi connectivity index (χ3v) is 1.69. The first kappa shape index (κ1) is 15.1. The Morgan fingerprint density at radius 2 is 1.06 bits per heavy atom. The van der Waals surface area contributed by atoms with Crippen molar-refractivity contribution in [2.45, 2.75) is 0 Å². The fraction of sp³-hybridized carbons (Fsp3) is 0.889. The SMILES string of the molecule is C1COCCN1.C1COCCN1.O=C(O)O. The van der Waals surface area contributed by atoms with Crippen LogP contribution < -0.4 is 10.6 Å². The van der Waals surface area contributed by atoms with E-state index in [0.717, 1.165) is 52.6 Å². The Hall–Kier alpha value is -0.890. The van der Waals surface area contributed by atoms with Gasteiger partial charge in [0.1, 0.15) is 0 Å². The maximum atomic E-state index is 8.56. The van der Waals surface area contributed by atoms with Crippen LogP contribution in [0.2, 0.25) is 0 Å². The number of carboxylic acid groups (broad SMARTS) is 2. The maximum absolute atomic E-state index is 8.56. The molecule has 2 aliphatic heterocycles. The van der Waals surface area contributed by atoms with Crippen LogP contribution in [0.1, 0.15) is 0 Å². The number of hydrogen-bond donors (Lipinski definition) is 4. The van der Waals surface area contributed by atoms with Gasteiger partial charge in [-0.3, -0.25) is 0 Å². The molecule has 0 bridgehead atoms. The van der Waals surface area contributed by atoms with Crippen molar-refractivity contribution in [1.29, 1.82) is 0 Å². The molecule has 0 saturated carbocycles. The number of nitrogens with one attached hydrogen (secondary N) is 2. The van der Waals surface area contributed by atoms with Crippen molar-refractivity contribution in [3.8, 4) is 0 Å². The van der Waals surface area contributed by atoms with E-state index in [0.29, 0.717) is 0 Å². The second-order valence-corrected chi connectivity index (χ2v) is 3.01. The Morgan fingerprint density at radius 3 is 1.12 bits per heavy atom. The molecular weight excluding hydrogens is 216 g/mol. The third kappa shape index (κ3) is 15.6. The Kier molecular flexibility index (Phi) is 11.5. The van der Waals surface area contributed by atoms with Crippen molar-refractivity contribution in [3.05, 3.63) is 0 Å². The molecule has 0 amide bonds. The highest BCUT2D eigenvalue weighted by atomic mass is 16.6. The molecule has 4 N–H and O–H groups in total. The molecule has 0 unspecified atom stereocenters. The molecule has 0 aromatic rings. The van der Waals surface area contributed by atoms with E-state index in [4.69, 9.17) is 24.5 Å². The summed E-state index contributed by atoms with van der Waals surface area (Å²) >= 11 is 0. The number of carbonyl (C=O) groups is 1. The molecule has 2 saturated heterocycles. The van der Waals surface area contributed by atoms with E-state index in [9.17, 15) is 0 Å². The van der Waals surface area contributed by atoms with Gasteiger partial charge in [-0.05, 0) is 0 Å². The highest BCUT2D eigenvalue weighted by Crippen LogP contribution is 1.77. The van der Waals surface area contributed by atoms with Crippen molar-refractivity contribution < 1.29 is 24.5 Å². The minimum atomic E-state index is -1.83. The van der Waals surface area contributed by atoms with Crippen LogP contribution in [-0.4, -0.2) is 69.0 Å². The van der Waals surface area contributed by atoms with E-state index in [1.165, 1.54) is 0 Å². The molecule has 0 aromatic heterocycles. The predicted molar refractivity (Wildman–Crippen MR) is 58.0 cm³/mol. The van der Waals surface area contributed by atoms with Gasteiger partial charge in [0.05, 0.1) is 26.4 Å². The molecule has 0 atom stereocenters. The van der Waals surface area contributed by atoms with Gasteiger partial charge < -0.3 is 30.3 Å². The van der Waals surface area contributed by atoms with Crippen molar-refractivity contribution in [3.63, 3.8) is 0 Å². The lowest BCUT2D eigenvalue weighted by Gasteiger charge is -2.10. The second kappa shape index (κ2) is 12.2. The minimum absolute atomic E-state index is 0.889. The van der Waals surface area contributed by atoms with Gasteiger partial charge in [-0.15, -0.1) is 0 Å². The summed E-state index contributed by atoms with van der Waals surface area (Å²) in [6.45, 7) is 7.67. The summed E-state index contributed by atoms with van der Waals surface area (Å²) in [6.07, 6.45) is -1.83. The van der Waals surface area contributed by atoms with Gasteiger partial charge in [0, 0.05) is 26.2 Å². The Balaban J connectivity index is 0.000000217. The molecule has 2 aliphatic rings. The van der Waals surface area contributed by atoms with Gasteiger partial charge in [0.25, 0.3) is 0 Å². The summed E-state index contributed by atoms with van der Waals surface area (Å²) in [7, 11) is 0. The summed E-state index contributed by atoms with van der Waals surface area (Å²) in [5, 5.41) is 20.3. The van der Waals surface area contributed by atoms with Crippen LogP contribution in [0.15, 0.2) is 0 Å². The van der Waals surface area contributed by atoms with Gasteiger partial charge >= 0.3 is 6.16 Å². The zero-order chi connectivity index (χ0) is 12.1. The van der Waals surface area contributed by atoms with E-state index in [-0.39, 0.29) is 0 Å². The summed E-state index contributed by atoms with van der Waals surface area (Å²) in [4.78, 5) is 8.56. The Morgan fingerprint density at radius 1 is 0.812 bits per heavy atom. The van der Waals surface area contributed by atoms with E-state index in [2.05, 4.69) is 10.6 Å². The quantitative estimate of drug-likeness (QED) is 0.447. The van der Waals surface area contributed by atoms with Gasteiger partial charge in [-0.25, -0.2) is 4.79 Å². The van der Waals surface area contributed by atoms with Crippen molar-refractivity contribution in [1.82, 2.24) is 10.6 Å². The van der Waals surface area contributed by atoms with Crippen molar-refractivity contribution in [2.75, 3.05) is 52.6 Å². The monoisotopic (exact) mass is 236 g/mol. The van der Waals surface area contributed by atoms with E-state index >= 15 is 0 Å². The molecule has 0 aliphatic carbocycles. The molecular formula is C9H20N2O5. The smallest absolute Gasteiger partial charge is 0.450 e. The molecule has 7 heteroatoms. The molecule has 0 spiro atoms. The third-order valence-electron chi connectivity index (χ3n) is 1.69. The van der Waals surface area contributed by atoms with E-state index in [1.807, 2.05) is 0 Å². The number of ether oxygens (including phenoxy) is 2. The highest BCUT2D eigenvalue weighted by molar-refractivity contribution is 5.53. The van der Waals surface area contributed by atoms with Crippen LogP contribution in [-0.2, 0) is 9.47 Å². The zero-order valence-electron chi connectivity index (χ0n) is 9.28. The standard InChI is InChI=1S/2C4H9NO.CH2O3/c2*1-3-6-4-2-5-1;2-1(3)4/h2*5H,1-4H2;(H2,2,3,4). The number of hydrogen-bond acceptors (Lipinski definition) is 5. The zero-order valence-corrected chi connectivity index (χ0v) is 9.28. The van der Waals surface area contributed by atoms with Crippen LogP contribution >= 0.6 is 0 Å². The molecule has 2 heterocycles. The normalized spacial score (nSPS) is 19.5. The Bertz CT molecular complexity index is 121. The van der Waals surface area contributed by atoms with Crippen LogP contribution in [0, 0.1) is 0 Å². The number of rotatable bonds is 0. The van der Waals surface area contributed by atoms with Gasteiger partial charge in [0.15, 0.2) is 0 Å². The van der Waals surface area contributed by atoms with E-state index < -0.39 is 6.16 Å². The van der Waals surface area contributed by atoms with Gasteiger partial charge in [-0.2, -0.15) is 0 Å². The summed E-state index contributed by atoms with van der Waals surface area (Å²) in [5.41, 5.74) is 0. The van der Waals surface area contributed by atoms with Gasteiger partial charge in [-0.1, -0.05) is 0 Å². The van der Waals surface area contributed by atoms with Crippen LogP contribution in [0.3, 0.4) is 0 Å². The van der Waals surface area contributed by atoms with Crippen LogP contribution in [0.4, 0.5) is 4.79 Å². The molecule has 2 fully saturated rings. The predicted octanol–water partition coefficient (Wildman–Crippen LogP) is -0.565. The summed E-state index contributed by atoms with van der Waals surface area (Å²) in [5.74, 6) is 0. The lowest BCUT2D eigenvalue weighted by atomic mass is 10.5.